The van der Waals surface area contributed by atoms with E-state index in [0.29, 0.717) is 0 Å². The predicted molar refractivity (Wildman–Crippen MR) is 75.6 cm³/mol. The molecule has 1 aliphatic heterocycles. The average Bonchev–Trinajstić information content (AvgIpc) is 2.76. The van der Waals surface area contributed by atoms with Gasteiger partial charge in [0.25, 0.3) is 0 Å². The molecule has 2 rings (SSSR count). The van der Waals surface area contributed by atoms with Gasteiger partial charge in [-0.3, -0.25) is 0 Å². The van der Waals surface area contributed by atoms with Crippen LogP contribution in [0.4, 0.5) is 0 Å². The second kappa shape index (κ2) is 7.04. The molecule has 0 aliphatic carbocycles. The van der Waals surface area contributed by atoms with Gasteiger partial charge in [0.2, 0.25) is 0 Å². The van der Waals surface area contributed by atoms with E-state index < -0.39 is 0 Å². The van der Waals surface area contributed by atoms with Gasteiger partial charge in [-0.15, -0.1) is 11.8 Å². The predicted octanol–water partition coefficient (Wildman–Crippen LogP) is 2.32. The van der Waals surface area contributed by atoms with Gasteiger partial charge >= 0.3 is 0 Å². The molecule has 3 heteroatoms. The lowest BCUT2D eigenvalue weighted by Crippen LogP contribution is -2.26. The number of thioether (sulfide) groups is 1. The van der Waals surface area contributed by atoms with Crippen molar-refractivity contribution in [3.05, 3.63) is 30.3 Å². The highest BCUT2D eigenvalue weighted by molar-refractivity contribution is 7.99. The van der Waals surface area contributed by atoms with Crippen molar-refractivity contribution in [2.24, 2.45) is 5.92 Å². The molecule has 1 saturated heterocycles. The standard InChI is InChI=1S/C14H22N2S/c1-16-9-7-13(12-16)11-15-8-10-17-14-5-3-2-4-6-14/h2-6,13,15H,7-12H2,1H3. The van der Waals surface area contributed by atoms with Crippen LogP contribution in [0.25, 0.3) is 0 Å². The van der Waals surface area contributed by atoms with Gasteiger partial charge in [0.1, 0.15) is 0 Å². The lowest BCUT2D eigenvalue weighted by Gasteiger charge is -2.11. The molecular formula is C14H22N2S. The van der Waals surface area contributed by atoms with Gasteiger partial charge < -0.3 is 10.2 Å². The minimum absolute atomic E-state index is 0.863. The Morgan fingerprint density at radius 3 is 2.88 bits per heavy atom. The Morgan fingerprint density at radius 1 is 1.35 bits per heavy atom. The van der Waals surface area contributed by atoms with Crippen LogP contribution in [0, 0.1) is 5.92 Å². The smallest absolute Gasteiger partial charge is 0.0106 e. The van der Waals surface area contributed by atoms with E-state index in [9.17, 15) is 0 Å². The summed E-state index contributed by atoms with van der Waals surface area (Å²) in [7, 11) is 2.21. The first-order valence-electron chi connectivity index (χ1n) is 6.42. The van der Waals surface area contributed by atoms with Crippen LogP contribution in [-0.4, -0.2) is 43.9 Å². The third kappa shape index (κ3) is 4.70. The van der Waals surface area contributed by atoms with Gasteiger partial charge in [0, 0.05) is 23.7 Å². The Kier molecular flexibility index (Phi) is 5.36. The quantitative estimate of drug-likeness (QED) is 0.616. The fourth-order valence-corrected chi connectivity index (χ4v) is 3.09. The van der Waals surface area contributed by atoms with E-state index in [-0.39, 0.29) is 0 Å². The van der Waals surface area contributed by atoms with Gasteiger partial charge in [0.15, 0.2) is 0 Å². The minimum atomic E-state index is 0.863. The number of likely N-dealkylation sites (tertiary alicyclic amines) is 1. The average molecular weight is 250 g/mol. The topological polar surface area (TPSA) is 15.3 Å². The Hall–Kier alpha value is -0.510. The maximum absolute atomic E-state index is 3.57. The van der Waals surface area contributed by atoms with E-state index in [4.69, 9.17) is 0 Å². The van der Waals surface area contributed by atoms with Gasteiger partial charge in [-0.2, -0.15) is 0 Å². The van der Waals surface area contributed by atoms with Crippen LogP contribution in [0.2, 0.25) is 0 Å². The molecule has 1 N–H and O–H groups in total. The molecule has 0 aromatic heterocycles. The molecule has 1 unspecified atom stereocenters. The van der Waals surface area contributed by atoms with Crippen molar-refractivity contribution in [2.45, 2.75) is 11.3 Å². The summed E-state index contributed by atoms with van der Waals surface area (Å²) < 4.78 is 0. The molecule has 17 heavy (non-hydrogen) atoms. The van der Waals surface area contributed by atoms with Crippen LogP contribution < -0.4 is 5.32 Å². The zero-order valence-corrected chi connectivity index (χ0v) is 11.4. The zero-order chi connectivity index (χ0) is 11.9. The van der Waals surface area contributed by atoms with Crippen LogP contribution >= 0.6 is 11.8 Å². The van der Waals surface area contributed by atoms with Crippen molar-refractivity contribution in [2.75, 3.05) is 39.0 Å². The lowest BCUT2D eigenvalue weighted by molar-refractivity contribution is 0.389. The number of hydrogen-bond donors (Lipinski definition) is 1. The summed E-state index contributed by atoms with van der Waals surface area (Å²) in [5.74, 6) is 2.02. The molecule has 1 fully saturated rings. The Morgan fingerprint density at radius 2 is 2.18 bits per heavy atom. The van der Waals surface area contributed by atoms with Crippen LogP contribution in [0.1, 0.15) is 6.42 Å². The molecule has 1 atom stereocenters. The SMILES string of the molecule is CN1CCC(CNCCSc2ccccc2)C1. The molecular weight excluding hydrogens is 228 g/mol. The van der Waals surface area contributed by atoms with Gasteiger partial charge in [-0.25, -0.2) is 0 Å². The van der Waals surface area contributed by atoms with Crippen molar-refractivity contribution < 1.29 is 0 Å². The number of rotatable bonds is 6. The number of nitrogens with one attached hydrogen (secondary N) is 1. The first-order chi connectivity index (χ1) is 8.34. The van der Waals surface area contributed by atoms with E-state index in [2.05, 4.69) is 47.6 Å². The van der Waals surface area contributed by atoms with Gasteiger partial charge in [-0.1, -0.05) is 18.2 Å². The molecule has 0 amide bonds. The molecule has 0 bridgehead atoms. The Balaban J connectivity index is 1.52. The van der Waals surface area contributed by atoms with Crippen LogP contribution in [-0.2, 0) is 0 Å². The van der Waals surface area contributed by atoms with Crippen LogP contribution in [0.5, 0.6) is 0 Å². The summed E-state index contributed by atoms with van der Waals surface area (Å²) in [4.78, 5) is 3.79. The highest BCUT2D eigenvalue weighted by Gasteiger charge is 2.18. The zero-order valence-electron chi connectivity index (χ0n) is 10.6. The van der Waals surface area contributed by atoms with E-state index >= 15 is 0 Å². The van der Waals surface area contributed by atoms with Crippen molar-refractivity contribution in [3.63, 3.8) is 0 Å². The fourth-order valence-electron chi connectivity index (χ4n) is 2.26. The Labute approximate surface area is 109 Å². The molecule has 0 radical (unpaired) electrons. The molecule has 94 valence electrons. The minimum Gasteiger partial charge on any atom is -0.316 e. The molecule has 0 spiro atoms. The maximum atomic E-state index is 3.57. The number of benzene rings is 1. The molecule has 2 nitrogen and oxygen atoms in total. The summed E-state index contributed by atoms with van der Waals surface area (Å²) in [5, 5.41) is 3.57. The third-order valence-electron chi connectivity index (χ3n) is 3.21. The first-order valence-corrected chi connectivity index (χ1v) is 7.40. The normalized spacial score (nSPS) is 20.9. The summed E-state index contributed by atoms with van der Waals surface area (Å²) in [5.41, 5.74) is 0. The van der Waals surface area contributed by atoms with Crippen molar-refractivity contribution in [3.8, 4) is 0 Å². The van der Waals surface area contributed by atoms with E-state index in [1.165, 1.54) is 31.0 Å². The number of hydrogen-bond acceptors (Lipinski definition) is 3. The lowest BCUT2D eigenvalue weighted by atomic mass is 10.1. The first kappa shape index (κ1) is 12.9. The van der Waals surface area contributed by atoms with Crippen molar-refractivity contribution in [1.29, 1.82) is 0 Å². The molecule has 0 saturated carbocycles. The third-order valence-corrected chi connectivity index (χ3v) is 4.23. The van der Waals surface area contributed by atoms with Gasteiger partial charge in [-0.05, 0) is 44.6 Å². The van der Waals surface area contributed by atoms with Crippen molar-refractivity contribution in [1.82, 2.24) is 10.2 Å². The van der Waals surface area contributed by atoms with Crippen LogP contribution in [0.15, 0.2) is 35.2 Å². The summed E-state index contributed by atoms with van der Waals surface area (Å²) in [6, 6.07) is 10.6. The van der Waals surface area contributed by atoms with Crippen LogP contribution in [0.3, 0.4) is 0 Å². The Bertz CT molecular complexity index is 315. The van der Waals surface area contributed by atoms with E-state index in [1.807, 2.05) is 11.8 Å². The maximum Gasteiger partial charge on any atom is 0.0106 e. The molecule has 1 aliphatic rings. The summed E-state index contributed by atoms with van der Waals surface area (Å²) in [6.07, 6.45) is 1.36. The summed E-state index contributed by atoms with van der Waals surface area (Å²) >= 11 is 1.93. The fraction of sp³-hybridized carbons (Fsp3) is 0.571. The largest absolute Gasteiger partial charge is 0.316 e. The second-order valence-electron chi connectivity index (χ2n) is 4.78. The number of nitrogens with zero attached hydrogens (tertiary/aromatic N) is 1. The second-order valence-corrected chi connectivity index (χ2v) is 5.95. The molecule has 1 aromatic rings. The highest BCUT2D eigenvalue weighted by Crippen LogP contribution is 2.16. The highest BCUT2D eigenvalue weighted by atomic mass is 32.2. The van der Waals surface area contributed by atoms with Gasteiger partial charge in [0.05, 0.1) is 0 Å². The van der Waals surface area contributed by atoms with Crippen molar-refractivity contribution >= 4 is 11.8 Å². The molecule has 1 heterocycles. The van der Waals surface area contributed by atoms with E-state index in [0.717, 1.165) is 18.2 Å². The van der Waals surface area contributed by atoms with E-state index in [1.54, 1.807) is 0 Å². The molecule has 1 aromatic carbocycles. The summed E-state index contributed by atoms with van der Waals surface area (Å²) in [6.45, 7) is 4.82. The monoisotopic (exact) mass is 250 g/mol.